The van der Waals surface area contributed by atoms with Crippen molar-refractivity contribution in [1.29, 1.82) is 0 Å². The molecule has 2 aliphatic rings. The number of aromatic nitrogens is 3. The lowest BCUT2D eigenvalue weighted by Gasteiger charge is -2.21. The van der Waals surface area contributed by atoms with Gasteiger partial charge in [-0.15, -0.1) is 0 Å². The van der Waals surface area contributed by atoms with Crippen LogP contribution in [0.15, 0.2) is 10.8 Å². The van der Waals surface area contributed by atoms with Crippen molar-refractivity contribution in [1.82, 2.24) is 24.6 Å². The molecule has 4 heterocycles. The van der Waals surface area contributed by atoms with E-state index in [-0.39, 0.29) is 5.91 Å². The highest BCUT2D eigenvalue weighted by atomic mass is 16.5. The Balaban J connectivity index is 1.43. The van der Waals surface area contributed by atoms with E-state index in [1.54, 1.807) is 6.92 Å². The first kappa shape index (κ1) is 18.2. The highest BCUT2D eigenvalue weighted by Gasteiger charge is 2.26. The summed E-state index contributed by atoms with van der Waals surface area (Å²) in [6, 6.07) is 0. The Morgan fingerprint density at radius 3 is 2.93 bits per heavy atom. The van der Waals surface area contributed by atoms with E-state index < -0.39 is 0 Å². The number of rotatable bonds is 4. The van der Waals surface area contributed by atoms with E-state index in [4.69, 9.17) is 14.3 Å². The van der Waals surface area contributed by atoms with E-state index in [9.17, 15) is 4.79 Å². The second kappa shape index (κ2) is 7.82. The van der Waals surface area contributed by atoms with Gasteiger partial charge in [0.05, 0.1) is 24.6 Å². The first-order valence-electron chi connectivity index (χ1n) is 9.74. The smallest absolute Gasteiger partial charge is 0.291 e. The Morgan fingerprint density at radius 2 is 2.15 bits per heavy atom. The van der Waals surface area contributed by atoms with Crippen LogP contribution in [0.5, 0.6) is 0 Å². The van der Waals surface area contributed by atoms with E-state index >= 15 is 0 Å². The lowest BCUT2D eigenvalue weighted by Crippen LogP contribution is -2.35. The van der Waals surface area contributed by atoms with Crippen molar-refractivity contribution in [3.8, 4) is 0 Å². The van der Waals surface area contributed by atoms with Crippen molar-refractivity contribution in [2.24, 2.45) is 0 Å². The van der Waals surface area contributed by atoms with Gasteiger partial charge in [0, 0.05) is 56.9 Å². The number of fused-ring (bicyclic) bond motifs is 1. The van der Waals surface area contributed by atoms with Gasteiger partial charge in [0.1, 0.15) is 0 Å². The van der Waals surface area contributed by atoms with Gasteiger partial charge >= 0.3 is 0 Å². The fourth-order valence-corrected chi connectivity index (χ4v) is 3.96. The Labute approximate surface area is 159 Å². The molecule has 1 saturated heterocycles. The third-order valence-electron chi connectivity index (χ3n) is 5.47. The van der Waals surface area contributed by atoms with Crippen LogP contribution in [0, 0.1) is 6.92 Å². The molecule has 146 valence electrons. The van der Waals surface area contributed by atoms with Gasteiger partial charge in [-0.2, -0.15) is 5.10 Å². The zero-order chi connectivity index (χ0) is 18.8. The molecule has 2 aliphatic heterocycles. The zero-order valence-electron chi connectivity index (χ0n) is 16.1. The van der Waals surface area contributed by atoms with Crippen molar-refractivity contribution >= 4 is 5.91 Å². The Hall–Kier alpha value is -2.19. The fourth-order valence-electron chi connectivity index (χ4n) is 3.96. The van der Waals surface area contributed by atoms with Crippen LogP contribution in [-0.2, 0) is 30.9 Å². The van der Waals surface area contributed by atoms with Crippen molar-refractivity contribution in [3.05, 3.63) is 34.8 Å². The van der Waals surface area contributed by atoms with Crippen LogP contribution in [0.1, 0.15) is 46.5 Å². The summed E-state index contributed by atoms with van der Waals surface area (Å²) >= 11 is 0. The summed E-state index contributed by atoms with van der Waals surface area (Å²) in [5.41, 5.74) is 4.36. The molecule has 0 unspecified atom stereocenters. The highest BCUT2D eigenvalue weighted by molar-refractivity contribution is 5.92. The molecule has 0 aromatic carbocycles. The van der Waals surface area contributed by atoms with Gasteiger partial charge in [-0.1, -0.05) is 0 Å². The van der Waals surface area contributed by atoms with Crippen LogP contribution in [0.4, 0.5) is 0 Å². The zero-order valence-corrected chi connectivity index (χ0v) is 16.1. The second-order valence-corrected chi connectivity index (χ2v) is 7.18. The van der Waals surface area contributed by atoms with E-state index in [1.807, 2.05) is 4.90 Å². The minimum Gasteiger partial charge on any atom is -0.438 e. The summed E-state index contributed by atoms with van der Waals surface area (Å²) in [5.74, 6) is 0.296. The van der Waals surface area contributed by atoms with Crippen LogP contribution in [0.3, 0.4) is 0 Å². The first-order chi connectivity index (χ1) is 13.2. The van der Waals surface area contributed by atoms with Crippen LogP contribution in [0.25, 0.3) is 0 Å². The number of amides is 1. The molecule has 2 aromatic rings. The van der Waals surface area contributed by atoms with Gasteiger partial charge in [0.15, 0.2) is 6.39 Å². The fraction of sp³-hybridized carbons (Fsp3) is 0.632. The van der Waals surface area contributed by atoms with Crippen molar-refractivity contribution in [3.63, 3.8) is 0 Å². The van der Waals surface area contributed by atoms with Crippen molar-refractivity contribution < 1.29 is 13.9 Å². The van der Waals surface area contributed by atoms with Crippen molar-refractivity contribution in [2.45, 2.75) is 46.4 Å². The molecular weight excluding hydrogens is 346 g/mol. The average Bonchev–Trinajstić information content (AvgIpc) is 3.18. The number of hydrogen-bond acceptors (Lipinski definition) is 6. The number of carbonyl (C=O) groups is 1. The van der Waals surface area contributed by atoms with E-state index in [0.717, 1.165) is 57.9 Å². The molecule has 0 aliphatic carbocycles. The number of ether oxygens (including phenoxy) is 1. The van der Waals surface area contributed by atoms with Crippen LogP contribution < -0.4 is 0 Å². The molecule has 0 radical (unpaired) electrons. The number of oxazole rings is 1. The molecular formula is C19H27N5O3. The third kappa shape index (κ3) is 3.64. The Morgan fingerprint density at radius 1 is 1.26 bits per heavy atom. The van der Waals surface area contributed by atoms with Gasteiger partial charge in [-0.3, -0.25) is 14.4 Å². The van der Waals surface area contributed by atoms with E-state index in [2.05, 4.69) is 21.5 Å². The van der Waals surface area contributed by atoms with Gasteiger partial charge < -0.3 is 14.1 Å². The molecule has 8 heteroatoms. The monoisotopic (exact) mass is 373 g/mol. The molecule has 0 bridgehead atoms. The number of carbonyl (C=O) groups excluding carboxylic acids is 1. The van der Waals surface area contributed by atoms with E-state index in [1.165, 1.54) is 17.7 Å². The summed E-state index contributed by atoms with van der Waals surface area (Å²) in [6.45, 7) is 10.3. The van der Waals surface area contributed by atoms with E-state index in [0.29, 0.717) is 24.6 Å². The Bertz CT molecular complexity index is 812. The molecule has 0 N–H and O–H groups in total. The molecule has 8 nitrogen and oxygen atoms in total. The Kier molecular flexibility index (Phi) is 5.27. The molecule has 2 aromatic heterocycles. The summed E-state index contributed by atoms with van der Waals surface area (Å²) in [6.07, 6.45) is 3.21. The predicted molar refractivity (Wildman–Crippen MR) is 98.3 cm³/mol. The average molecular weight is 373 g/mol. The molecule has 1 amide bonds. The summed E-state index contributed by atoms with van der Waals surface area (Å²) in [7, 11) is 0. The quantitative estimate of drug-likeness (QED) is 0.811. The molecule has 27 heavy (non-hydrogen) atoms. The van der Waals surface area contributed by atoms with Crippen LogP contribution in [-0.4, -0.2) is 63.3 Å². The lowest BCUT2D eigenvalue weighted by molar-refractivity contribution is 0.0728. The standard InChI is InChI=1S/C19H27N5O3/c1-3-24-17-5-10-26-12-15(17)16(21-24)11-22-6-4-7-23(9-8-22)19(25)18-14(2)20-13-27-18/h13H,3-12H2,1-2H3. The topological polar surface area (TPSA) is 76.6 Å². The van der Waals surface area contributed by atoms with Crippen LogP contribution >= 0.6 is 0 Å². The minimum absolute atomic E-state index is 0.0621. The minimum atomic E-state index is -0.0621. The molecule has 4 rings (SSSR count). The first-order valence-corrected chi connectivity index (χ1v) is 9.74. The SMILES string of the molecule is CCn1nc(CN2CCCN(C(=O)c3ocnc3C)CC2)c2c1CCOC2. The third-order valence-corrected chi connectivity index (χ3v) is 5.47. The molecule has 0 spiro atoms. The molecule has 1 fully saturated rings. The van der Waals surface area contributed by atoms with Gasteiger partial charge in [-0.05, 0) is 20.3 Å². The number of aryl methyl sites for hydroxylation is 2. The summed E-state index contributed by atoms with van der Waals surface area (Å²) < 4.78 is 13.1. The van der Waals surface area contributed by atoms with Crippen molar-refractivity contribution in [2.75, 3.05) is 32.8 Å². The second-order valence-electron chi connectivity index (χ2n) is 7.18. The largest absolute Gasteiger partial charge is 0.438 e. The highest BCUT2D eigenvalue weighted by Crippen LogP contribution is 2.23. The lowest BCUT2D eigenvalue weighted by atomic mass is 10.1. The van der Waals surface area contributed by atoms with Crippen LogP contribution in [0.2, 0.25) is 0 Å². The normalized spacial score (nSPS) is 18.4. The molecule has 0 saturated carbocycles. The predicted octanol–water partition coefficient (Wildman–Crippen LogP) is 1.62. The molecule has 0 atom stereocenters. The number of nitrogens with zero attached hydrogens (tertiary/aromatic N) is 5. The van der Waals surface area contributed by atoms with Gasteiger partial charge in [-0.25, -0.2) is 4.98 Å². The maximum Gasteiger partial charge on any atom is 0.291 e. The maximum atomic E-state index is 12.7. The maximum absolute atomic E-state index is 12.7. The van der Waals surface area contributed by atoms with Gasteiger partial charge in [0.25, 0.3) is 5.91 Å². The summed E-state index contributed by atoms with van der Waals surface area (Å²) in [5, 5.41) is 4.83. The van der Waals surface area contributed by atoms with Gasteiger partial charge in [0.2, 0.25) is 5.76 Å². The summed E-state index contributed by atoms with van der Waals surface area (Å²) in [4.78, 5) is 21.0. The number of hydrogen-bond donors (Lipinski definition) is 0.